The van der Waals surface area contributed by atoms with Crippen LogP contribution in [0.4, 0.5) is 0 Å². The molecule has 0 radical (unpaired) electrons. The van der Waals surface area contributed by atoms with Gasteiger partial charge in [0.1, 0.15) is 54.5 Å². The standard InChI is InChI=1S/C44H45N3O11/c1-48-43-40-38(36-34(54-43)26-53-42(57-36)29-17-9-4-10-18-29)58-44-39(51-24-31-21-47(46-45-31)32-20-12-11-19-30(32)23-50-40)37(49-22-27-13-5-2-6-14-27)35-33(55-44)25-52-41(56-35)28-15-7-3-8-16-28/h2-21,33-44H,22-26H2,1H3/t33-,34-,35-,36-,37+,38+,39-,40-,41-,42-,43+,44+/m1/s1. The van der Waals surface area contributed by atoms with E-state index < -0.39 is 74.0 Å². The molecule has 5 aliphatic heterocycles. The van der Waals surface area contributed by atoms with E-state index in [0.717, 1.165) is 27.9 Å². The van der Waals surface area contributed by atoms with Gasteiger partial charge in [-0.15, -0.1) is 5.10 Å². The lowest BCUT2D eigenvalue weighted by Gasteiger charge is -2.52. The topological polar surface area (TPSA) is 132 Å². The maximum absolute atomic E-state index is 7.21. The molecule has 14 nitrogen and oxygen atoms in total. The Kier molecular flexibility index (Phi) is 11.1. The van der Waals surface area contributed by atoms with Crippen LogP contribution < -0.4 is 0 Å². The summed E-state index contributed by atoms with van der Waals surface area (Å²) in [5, 5.41) is 8.96. The molecular formula is C44H45N3O11. The number of ether oxygens (including phenoxy) is 11. The number of hydrogen-bond donors (Lipinski definition) is 0. The van der Waals surface area contributed by atoms with Gasteiger partial charge in [-0.25, -0.2) is 4.68 Å². The minimum absolute atomic E-state index is 0.0815. The van der Waals surface area contributed by atoms with Gasteiger partial charge >= 0.3 is 0 Å². The zero-order chi connectivity index (χ0) is 38.8. The van der Waals surface area contributed by atoms with Crippen LogP contribution in [0, 0.1) is 0 Å². The Labute approximate surface area is 335 Å². The molecule has 4 fully saturated rings. The summed E-state index contributed by atoms with van der Waals surface area (Å²) in [6, 6.07) is 37.5. The Balaban J connectivity index is 1.05. The lowest BCUT2D eigenvalue weighted by molar-refractivity contribution is -0.411. The SMILES string of the molecule is CO[C@H]1O[C@@H]2CO[C@@H](c3ccccc3)O[C@H]2[C@@H]2O[C@@H]3O[C@@H]4CO[C@@H](c5ccccc5)O[C@H]4[C@H](OCc4ccccc4)[C@H]3OCc3cn(nn3)-c3ccccc3CO[C@@H]12. The van der Waals surface area contributed by atoms with Crippen molar-refractivity contribution in [1.29, 1.82) is 0 Å². The zero-order valence-corrected chi connectivity index (χ0v) is 31.8. The van der Waals surface area contributed by atoms with E-state index in [1.54, 1.807) is 11.8 Å². The van der Waals surface area contributed by atoms with Crippen LogP contribution in [-0.4, -0.2) is 96.7 Å². The van der Waals surface area contributed by atoms with Crippen LogP contribution in [0.15, 0.2) is 121 Å². The second-order valence-corrected chi connectivity index (χ2v) is 14.9. The van der Waals surface area contributed by atoms with Gasteiger partial charge in [0.25, 0.3) is 0 Å². The summed E-state index contributed by atoms with van der Waals surface area (Å²) in [6.45, 7) is 0.989. The van der Waals surface area contributed by atoms with Gasteiger partial charge < -0.3 is 52.1 Å². The average molecular weight is 792 g/mol. The van der Waals surface area contributed by atoms with E-state index in [1.807, 2.05) is 121 Å². The van der Waals surface area contributed by atoms with Crippen molar-refractivity contribution in [2.24, 2.45) is 0 Å². The molecule has 302 valence electrons. The summed E-state index contributed by atoms with van der Waals surface area (Å²) in [5.41, 5.74) is 5.02. The van der Waals surface area contributed by atoms with E-state index in [0.29, 0.717) is 5.69 Å². The first-order valence-electron chi connectivity index (χ1n) is 19.7. The second-order valence-electron chi connectivity index (χ2n) is 14.9. The molecule has 14 heteroatoms. The normalized spacial score (nSPS) is 33.6. The molecule has 10 rings (SSSR count). The van der Waals surface area contributed by atoms with Crippen molar-refractivity contribution in [2.45, 2.75) is 93.8 Å². The van der Waals surface area contributed by atoms with Gasteiger partial charge in [-0.1, -0.05) is 114 Å². The van der Waals surface area contributed by atoms with E-state index >= 15 is 0 Å². The highest BCUT2D eigenvalue weighted by Gasteiger charge is 2.57. The Hall–Kier alpha value is -4.42. The summed E-state index contributed by atoms with van der Waals surface area (Å²) in [6.07, 6.45) is -6.89. The maximum Gasteiger partial charge on any atom is 0.187 e. The molecule has 6 heterocycles. The third kappa shape index (κ3) is 7.74. The molecule has 12 atom stereocenters. The quantitative estimate of drug-likeness (QED) is 0.219. The molecule has 1 aromatic heterocycles. The van der Waals surface area contributed by atoms with Crippen LogP contribution in [-0.2, 0) is 71.9 Å². The van der Waals surface area contributed by atoms with E-state index in [4.69, 9.17) is 52.1 Å². The molecule has 0 N–H and O–H groups in total. The lowest BCUT2D eigenvalue weighted by atomic mass is 9.95. The molecule has 0 aliphatic carbocycles. The fraction of sp³-hybridized carbons (Fsp3) is 0.409. The van der Waals surface area contributed by atoms with Crippen LogP contribution in [0.5, 0.6) is 0 Å². The molecule has 2 bridgehead atoms. The zero-order valence-electron chi connectivity index (χ0n) is 31.8. The fourth-order valence-electron chi connectivity index (χ4n) is 8.28. The number of methoxy groups -OCH3 is 1. The van der Waals surface area contributed by atoms with Gasteiger partial charge in [-0.2, -0.15) is 0 Å². The van der Waals surface area contributed by atoms with Crippen molar-refractivity contribution < 1.29 is 52.1 Å². The van der Waals surface area contributed by atoms with Crippen LogP contribution in [0.2, 0.25) is 0 Å². The predicted molar refractivity (Wildman–Crippen MR) is 203 cm³/mol. The highest BCUT2D eigenvalue weighted by Crippen LogP contribution is 2.42. The third-order valence-corrected chi connectivity index (χ3v) is 11.2. The van der Waals surface area contributed by atoms with Crippen molar-refractivity contribution in [1.82, 2.24) is 15.0 Å². The summed E-state index contributed by atoms with van der Waals surface area (Å²) in [5.74, 6) is 0. The monoisotopic (exact) mass is 791 g/mol. The van der Waals surface area contributed by atoms with Gasteiger partial charge in [0.05, 0.1) is 44.9 Å². The van der Waals surface area contributed by atoms with Gasteiger partial charge in [-0.3, -0.25) is 0 Å². The van der Waals surface area contributed by atoms with Crippen LogP contribution in [0.25, 0.3) is 5.69 Å². The summed E-state index contributed by atoms with van der Waals surface area (Å²) in [4.78, 5) is 0. The highest BCUT2D eigenvalue weighted by atomic mass is 16.8. The average Bonchev–Trinajstić information content (AvgIpc) is 3.76. The molecule has 0 unspecified atom stereocenters. The first-order chi connectivity index (χ1) is 28.7. The van der Waals surface area contributed by atoms with E-state index in [-0.39, 0.29) is 33.0 Å². The first-order valence-corrected chi connectivity index (χ1v) is 19.7. The van der Waals surface area contributed by atoms with Gasteiger partial charge in [-0.05, 0) is 11.6 Å². The number of para-hydroxylation sites is 1. The van der Waals surface area contributed by atoms with Crippen molar-refractivity contribution >= 4 is 0 Å². The van der Waals surface area contributed by atoms with E-state index in [2.05, 4.69) is 10.3 Å². The van der Waals surface area contributed by atoms with Crippen molar-refractivity contribution in [3.05, 3.63) is 149 Å². The maximum atomic E-state index is 7.21. The molecule has 0 spiro atoms. The minimum atomic E-state index is -1.03. The number of rotatable bonds is 6. The van der Waals surface area contributed by atoms with Gasteiger partial charge in [0, 0.05) is 23.8 Å². The largest absolute Gasteiger partial charge is 0.368 e. The van der Waals surface area contributed by atoms with Crippen molar-refractivity contribution in [3.8, 4) is 5.69 Å². The molecule has 4 aromatic carbocycles. The number of hydrogen-bond acceptors (Lipinski definition) is 13. The predicted octanol–water partition coefficient (Wildman–Crippen LogP) is 5.35. The molecule has 4 saturated heterocycles. The summed E-state index contributed by atoms with van der Waals surface area (Å²) in [7, 11) is 1.58. The van der Waals surface area contributed by atoms with Crippen LogP contribution in [0.3, 0.4) is 0 Å². The summed E-state index contributed by atoms with van der Waals surface area (Å²) < 4.78 is 74.9. The third-order valence-electron chi connectivity index (χ3n) is 11.2. The van der Waals surface area contributed by atoms with Crippen LogP contribution >= 0.6 is 0 Å². The first kappa shape index (κ1) is 37.8. The Morgan fingerprint density at radius 2 is 1.24 bits per heavy atom. The molecular weight excluding hydrogens is 746 g/mol. The van der Waals surface area contributed by atoms with E-state index in [9.17, 15) is 0 Å². The Morgan fingerprint density at radius 3 is 1.97 bits per heavy atom. The lowest BCUT2D eigenvalue weighted by Crippen LogP contribution is -2.68. The van der Waals surface area contributed by atoms with Crippen molar-refractivity contribution in [2.75, 3.05) is 20.3 Å². The Bertz CT molecular complexity index is 2090. The number of fused-ring (bicyclic) bond motifs is 9. The van der Waals surface area contributed by atoms with Gasteiger partial charge in [0.15, 0.2) is 25.2 Å². The van der Waals surface area contributed by atoms with Crippen LogP contribution in [0.1, 0.15) is 40.5 Å². The smallest absolute Gasteiger partial charge is 0.187 e. The Morgan fingerprint density at radius 1 is 0.603 bits per heavy atom. The van der Waals surface area contributed by atoms with E-state index in [1.165, 1.54) is 0 Å². The highest BCUT2D eigenvalue weighted by molar-refractivity contribution is 5.40. The second kappa shape index (κ2) is 17.0. The molecule has 5 aromatic rings. The molecule has 0 saturated carbocycles. The molecule has 5 aliphatic rings. The van der Waals surface area contributed by atoms with Gasteiger partial charge in [0.2, 0.25) is 0 Å². The molecule has 0 amide bonds. The van der Waals surface area contributed by atoms with Crippen molar-refractivity contribution in [3.63, 3.8) is 0 Å². The number of benzene rings is 4. The number of aromatic nitrogens is 3. The molecule has 58 heavy (non-hydrogen) atoms. The fourth-order valence-corrected chi connectivity index (χ4v) is 8.28. The number of nitrogens with zero attached hydrogens (tertiary/aromatic N) is 3. The minimum Gasteiger partial charge on any atom is -0.368 e. The summed E-state index contributed by atoms with van der Waals surface area (Å²) >= 11 is 0.